The fraction of sp³-hybridized carbons (Fsp3) is 0.864. The topological polar surface area (TPSA) is 84.1 Å². The molecule has 3 aliphatic heterocycles. The molecule has 0 aromatic carbocycles. The molecule has 1 aliphatic carbocycles. The summed E-state index contributed by atoms with van der Waals surface area (Å²) < 4.78 is 24.0. The predicted octanol–water partition coefficient (Wildman–Crippen LogP) is 2.65. The summed E-state index contributed by atoms with van der Waals surface area (Å²) in [6.45, 7) is 6.91. The molecule has 8 atom stereocenters. The van der Waals surface area contributed by atoms with Crippen LogP contribution in [0.1, 0.15) is 52.9 Å². The monoisotopic (exact) mass is 409 g/mol. The Balaban J connectivity index is 1.46. The van der Waals surface area contributed by atoms with Gasteiger partial charge in [-0.15, -0.1) is 0 Å². The zero-order valence-corrected chi connectivity index (χ0v) is 18.0. The van der Waals surface area contributed by atoms with E-state index in [1.54, 1.807) is 12.0 Å². The van der Waals surface area contributed by atoms with Gasteiger partial charge in [-0.25, -0.2) is 4.79 Å². The Bertz CT molecular complexity index is 649. The molecule has 4 rings (SSSR count). The van der Waals surface area contributed by atoms with E-state index in [1.807, 2.05) is 0 Å². The second-order valence-electron chi connectivity index (χ2n) is 9.23. The average molecular weight is 410 g/mol. The first-order chi connectivity index (χ1) is 13.9. The Kier molecular flexibility index (Phi) is 5.95. The lowest BCUT2D eigenvalue weighted by Crippen LogP contribution is -2.54. The number of methoxy groups -OCH3 is 1. The predicted molar refractivity (Wildman–Crippen MR) is 107 cm³/mol. The van der Waals surface area contributed by atoms with E-state index in [0.29, 0.717) is 13.0 Å². The lowest BCUT2D eigenvalue weighted by molar-refractivity contribution is -0.111. The van der Waals surface area contributed by atoms with Gasteiger partial charge in [-0.05, 0) is 52.9 Å². The van der Waals surface area contributed by atoms with E-state index in [9.17, 15) is 9.90 Å². The minimum atomic E-state index is -0.342. The van der Waals surface area contributed by atoms with E-state index < -0.39 is 0 Å². The van der Waals surface area contributed by atoms with E-state index in [-0.39, 0.29) is 60.8 Å². The number of rotatable bonds is 6. The fourth-order valence-corrected chi connectivity index (χ4v) is 5.48. The molecule has 164 valence electrons. The van der Waals surface area contributed by atoms with Crippen molar-refractivity contribution < 1.29 is 28.8 Å². The maximum atomic E-state index is 12.8. The van der Waals surface area contributed by atoms with Gasteiger partial charge in [0.2, 0.25) is 0 Å². The molecular formula is C22H35NO6. The summed E-state index contributed by atoms with van der Waals surface area (Å²) in [4.78, 5) is 14.4. The molecule has 0 radical (unpaired) electrons. The Morgan fingerprint density at radius 1 is 1.34 bits per heavy atom. The summed E-state index contributed by atoms with van der Waals surface area (Å²) in [7, 11) is 1.68. The van der Waals surface area contributed by atoms with Crippen LogP contribution >= 0.6 is 0 Å². The van der Waals surface area contributed by atoms with Gasteiger partial charge in [-0.1, -0.05) is 11.6 Å². The van der Waals surface area contributed by atoms with Crippen molar-refractivity contribution >= 4 is 6.09 Å². The number of nitrogens with zero attached hydrogens (tertiary/aromatic N) is 1. The lowest BCUT2D eigenvalue weighted by Gasteiger charge is -2.41. The zero-order valence-electron chi connectivity index (χ0n) is 18.0. The first-order valence-electron chi connectivity index (χ1n) is 11.0. The van der Waals surface area contributed by atoms with Crippen LogP contribution < -0.4 is 0 Å². The molecule has 0 aromatic rings. The summed E-state index contributed by atoms with van der Waals surface area (Å²) in [6, 6.07) is -0.138. The third kappa shape index (κ3) is 3.94. The van der Waals surface area contributed by atoms with Crippen molar-refractivity contribution in [3.05, 3.63) is 11.6 Å². The van der Waals surface area contributed by atoms with Crippen LogP contribution in [-0.4, -0.2) is 78.5 Å². The highest BCUT2D eigenvalue weighted by atomic mass is 16.6. The summed E-state index contributed by atoms with van der Waals surface area (Å²) in [5, 5.41) is 9.53. The van der Waals surface area contributed by atoms with Gasteiger partial charge in [0.1, 0.15) is 17.8 Å². The van der Waals surface area contributed by atoms with Gasteiger partial charge in [0.15, 0.2) is 0 Å². The van der Waals surface area contributed by atoms with Crippen LogP contribution in [0.5, 0.6) is 0 Å². The second-order valence-corrected chi connectivity index (χ2v) is 9.23. The molecule has 3 saturated heterocycles. The quantitative estimate of drug-likeness (QED) is 0.536. The van der Waals surface area contributed by atoms with Gasteiger partial charge < -0.3 is 29.0 Å². The van der Waals surface area contributed by atoms with Gasteiger partial charge in [0.25, 0.3) is 0 Å². The number of allylic oxidation sites excluding steroid dienone is 1. The summed E-state index contributed by atoms with van der Waals surface area (Å²) in [5.74, 6) is 0.0526. The molecular weight excluding hydrogens is 374 g/mol. The molecule has 1 spiro atoms. The van der Waals surface area contributed by atoms with Crippen LogP contribution in [0.15, 0.2) is 11.6 Å². The van der Waals surface area contributed by atoms with E-state index in [4.69, 9.17) is 18.9 Å². The maximum absolute atomic E-state index is 12.8. The van der Waals surface area contributed by atoms with Gasteiger partial charge in [0, 0.05) is 19.6 Å². The molecule has 4 fully saturated rings. The van der Waals surface area contributed by atoms with Crippen molar-refractivity contribution in [2.45, 2.75) is 95.0 Å². The minimum Gasteiger partial charge on any atom is -0.443 e. The number of hydrogen-bond acceptors (Lipinski definition) is 6. The Morgan fingerprint density at radius 2 is 2.10 bits per heavy atom. The highest BCUT2D eigenvalue weighted by Gasteiger charge is 2.70. The third-order valence-electron chi connectivity index (χ3n) is 7.21. The van der Waals surface area contributed by atoms with Crippen molar-refractivity contribution in [3.63, 3.8) is 0 Å². The van der Waals surface area contributed by atoms with Crippen molar-refractivity contribution in [1.82, 2.24) is 4.90 Å². The van der Waals surface area contributed by atoms with Crippen molar-refractivity contribution in [2.75, 3.05) is 20.3 Å². The van der Waals surface area contributed by atoms with Crippen LogP contribution in [0.3, 0.4) is 0 Å². The summed E-state index contributed by atoms with van der Waals surface area (Å²) >= 11 is 0. The van der Waals surface area contributed by atoms with Gasteiger partial charge >= 0.3 is 6.09 Å². The third-order valence-corrected chi connectivity index (χ3v) is 7.21. The zero-order chi connectivity index (χ0) is 20.8. The molecule has 3 heterocycles. The number of ether oxygens (including phenoxy) is 4. The molecule has 7 heteroatoms. The van der Waals surface area contributed by atoms with Gasteiger partial charge in [-0.3, -0.25) is 0 Å². The van der Waals surface area contributed by atoms with E-state index in [1.165, 1.54) is 5.57 Å². The van der Waals surface area contributed by atoms with Crippen molar-refractivity contribution in [1.29, 1.82) is 0 Å². The first-order valence-corrected chi connectivity index (χ1v) is 11.0. The number of aliphatic hydroxyl groups is 1. The molecule has 1 N–H and O–H groups in total. The van der Waals surface area contributed by atoms with Gasteiger partial charge in [0.05, 0.1) is 31.0 Å². The number of hydrogen-bond donors (Lipinski definition) is 1. The maximum Gasteiger partial charge on any atom is 0.410 e. The normalized spacial score (nSPS) is 43.3. The lowest BCUT2D eigenvalue weighted by atomic mass is 9.71. The Labute approximate surface area is 173 Å². The molecule has 1 saturated carbocycles. The number of carbonyl (C=O) groups excluding carboxylic acids is 1. The number of likely N-dealkylation sites (tertiary alicyclic amines) is 1. The number of epoxide rings is 2. The largest absolute Gasteiger partial charge is 0.443 e. The van der Waals surface area contributed by atoms with Crippen LogP contribution in [-0.2, 0) is 18.9 Å². The van der Waals surface area contributed by atoms with Crippen LogP contribution in [0, 0.1) is 5.92 Å². The number of aliphatic hydroxyl groups excluding tert-OH is 1. The first kappa shape index (κ1) is 21.1. The number of amides is 1. The SMILES string of the molecule is COC1C(OC(=O)N2CCC[C@H]2CO)CC[C@@]2(O[C@@H]2C)C1[C@H]1O[C@@H]1CC=C(C)C. The number of carbonyl (C=O) groups is 1. The molecule has 29 heavy (non-hydrogen) atoms. The Hall–Kier alpha value is -1.15. The van der Waals surface area contributed by atoms with Crippen molar-refractivity contribution in [2.24, 2.45) is 5.92 Å². The molecule has 0 bridgehead atoms. The molecule has 3 unspecified atom stereocenters. The van der Waals surface area contributed by atoms with E-state index in [2.05, 4.69) is 26.8 Å². The standard InChI is InChI=1S/C22H35NO6/c1-13(2)7-8-16-20(27-16)18-19(26-4)17(9-10-22(18)14(3)29-22)28-21(25)23-11-5-6-15(23)12-24/h7,14-20,24H,5-6,8-12H2,1-4H3/t14-,15+,16-,17?,18?,19?,20+,22+/m1/s1. The molecule has 4 aliphatic rings. The summed E-state index contributed by atoms with van der Waals surface area (Å²) in [6.07, 6.45) is 5.87. The van der Waals surface area contributed by atoms with Crippen molar-refractivity contribution in [3.8, 4) is 0 Å². The van der Waals surface area contributed by atoms with E-state index >= 15 is 0 Å². The highest BCUT2D eigenvalue weighted by molar-refractivity contribution is 5.68. The smallest absolute Gasteiger partial charge is 0.410 e. The average Bonchev–Trinajstić information content (AvgIpc) is 3.53. The highest BCUT2D eigenvalue weighted by Crippen LogP contribution is 2.57. The second kappa shape index (κ2) is 8.17. The van der Waals surface area contributed by atoms with Crippen LogP contribution in [0.4, 0.5) is 4.79 Å². The van der Waals surface area contributed by atoms with E-state index in [0.717, 1.165) is 25.7 Å². The van der Waals surface area contributed by atoms with Crippen LogP contribution in [0.2, 0.25) is 0 Å². The fourth-order valence-electron chi connectivity index (χ4n) is 5.48. The van der Waals surface area contributed by atoms with Gasteiger partial charge in [-0.2, -0.15) is 0 Å². The van der Waals surface area contributed by atoms with Crippen LogP contribution in [0.25, 0.3) is 0 Å². The molecule has 7 nitrogen and oxygen atoms in total. The Morgan fingerprint density at radius 3 is 2.72 bits per heavy atom. The molecule has 0 aromatic heterocycles. The minimum absolute atomic E-state index is 0.0213. The molecule has 1 amide bonds. The summed E-state index contributed by atoms with van der Waals surface area (Å²) in [5.41, 5.74) is 1.06.